The number of anilines is 2. The number of hydrogen-bond acceptors (Lipinski definition) is 12. The molecule has 3 saturated heterocycles. The largest absolute Gasteiger partial charge is 0.490 e. The zero-order valence-electron chi connectivity index (χ0n) is 38.6. The molecule has 24 heteroatoms. The summed E-state index contributed by atoms with van der Waals surface area (Å²) in [7, 11) is -2.84. The number of benzene rings is 2. The van der Waals surface area contributed by atoms with Gasteiger partial charge in [-0.05, 0) is 67.1 Å². The van der Waals surface area contributed by atoms with Gasteiger partial charge in [0.25, 0.3) is 0 Å². The molecule has 3 aliphatic heterocycles. The van der Waals surface area contributed by atoms with Crippen molar-refractivity contribution in [3.63, 3.8) is 0 Å². The number of halogens is 5. The van der Waals surface area contributed by atoms with Gasteiger partial charge in [0.1, 0.15) is 17.5 Å². The molecule has 18 nitrogen and oxygen atoms in total. The molecule has 0 spiro atoms. The number of aliphatic carboxylic acids is 1. The molecule has 5 aromatic rings. The predicted octanol–water partition coefficient (Wildman–Crippen LogP) is 5.12. The van der Waals surface area contributed by atoms with Gasteiger partial charge in [-0.25, -0.2) is 18.6 Å². The summed E-state index contributed by atoms with van der Waals surface area (Å²) in [5, 5.41) is 13.0. The molecule has 3 fully saturated rings. The van der Waals surface area contributed by atoms with Crippen LogP contribution in [-0.4, -0.2) is 149 Å². The lowest BCUT2D eigenvalue weighted by molar-refractivity contribution is -0.192. The first-order valence-electron chi connectivity index (χ1n) is 22.6. The lowest BCUT2D eigenvalue weighted by atomic mass is 9.89. The Bertz CT molecular complexity index is 2890. The molecule has 6 heterocycles. The van der Waals surface area contributed by atoms with E-state index in [9.17, 15) is 40.8 Å². The molecule has 3 aromatic heterocycles. The number of nitrogens with zero attached hydrogens (tertiary/aromatic N) is 6. The van der Waals surface area contributed by atoms with E-state index in [1.54, 1.807) is 25.4 Å². The first kappa shape index (κ1) is 51.9. The number of piperidine rings is 2. The number of carbonyl (C=O) groups is 5. The minimum absolute atomic E-state index is 0.0369. The summed E-state index contributed by atoms with van der Waals surface area (Å²) in [5.74, 6) is -6.24. The second kappa shape index (κ2) is 22.0. The van der Waals surface area contributed by atoms with E-state index in [2.05, 4.69) is 52.2 Å². The summed E-state index contributed by atoms with van der Waals surface area (Å²) < 4.78 is 90.5. The molecular formula is C47H51F5N10O8S. The maximum absolute atomic E-state index is 15.6. The van der Waals surface area contributed by atoms with Crippen molar-refractivity contribution in [1.29, 1.82) is 0 Å². The standard InChI is InChI=1S/C45H50F2N10O6S.C2HF3O2/c1-3-54(2)64(62,63)53-37-11-10-36(46)41(42(37)47)43(60)35-25-50-44-34(35)22-31(24-49-44)30-6-9-33(48-23-30)26-55-18-20-56(21-19-55)27-40(59)57-16-14-29(15-17-57)28-4-7-32(8-5-28)51-38-12-13-39(58)52-45(38)61;3-2(4,5)1(6)7/h4-11,22-25,29,38,51,53H,3,12-21,26-27H2,1-2H3,(H,49,50)(H,52,58,61);(H,6,7). The number of alkyl halides is 3. The maximum Gasteiger partial charge on any atom is 0.490 e. The molecule has 1 unspecified atom stereocenters. The van der Waals surface area contributed by atoms with E-state index in [1.165, 1.54) is 18.8 Å². The number of piperazine rings is 1. The first-order valence-corrected chi connectivity index (χ1v) is 24.1. The summed E-state index contributed by atoms with van der Waals surface area (Å²) in [4.78, 5) is 77.9. The number of nitrogens with one attached hydrogen (secondary N) is 4. The number of fused-ring (bicyclic) bond motifs is 1. The lowest BCUT2D eigenvalue weighted by Gasteiger charge is -2.37. The van der Waals surface area contributed by atoms with Crippen molar-refractivity contribution < 1.29 is 59.4 Å². The van der Waals surface area contributed by atoms with Gasteiger partial charge in [0.15, 0.2) is 5.82 Å². The van der Waals surface area contributed by atoms with Crippen molar-refractivity contribution in [3.8, 4) is 11.1 Å². The first-order chi connectivity index (χ1) is 33.7. The third-order valence-electron chi connectivity index (χ3n) is 12.6. The van der Waals surface area contributed by atoms with Gasteiger partial charge in [-0.2, -0.15) is 25.9 Å². The number of rotatable bonds is 14. The number of carboxylic acids is 1. The van der Waals surface area contributed by atoms with Crippen molar-refractivity contribution in [2.75, 3.05) is 69.4 Å². The number of imide groups is 1. The highest BCUT2D eigenvalue weighted by atomic mass is 32.2. The Morgan fingerprint density at radius 2 is 1.55 bits per heavy atom. The number of aromatic amines is 1. The normalized spacial score (nSPS) is 17.4. The van der Waals surface area contributed by atoms with Gasteiger partial charge in [-0.1, -0.05) is 25.1 Å². The van der Waals surface area contributed by atoms with Crippen LogP contribution in [0.4, 0.5) is 33.3 Å². The van der Waals surface area contributed by atoms with Gasteiger partial charge in [0.05, 0.1) is 23.5 Å². The molecule has 2 aromatic carbocycles. The molecule has 3 aliphatic rings. The third kappa shape index (κ3) is 12.7. The molecule has 71 heavy (non-hydrogen) atoms. The minimum Gasteiger partial charge on any atom is -0.475 e. The van der Waals surface area contributed by atoms with Gasteiger partial charge >= 0.3 is 22.4 Å². The SMILES string of the molecule is CCN(C)S(=O)(=O)Nc1ccc(F)c(C(=O)c2c[nH]c3ncc(-c4ccc(CN5CCN(CC(=O)N6CCC(c7ccc(NC8CCC(=O)NC8=O)cc7)CC6)CC5)nc4)cc23)c1F.O=C(O)C(F)(F)F. The highest BCUT2D eigenvalue weighted by Gasteiger charge is 2.38. The van der Waals surface area contributed by atoms with Crippen LogP contribution in [0.25, 0.3) is 22.2 Å². The summed E-state index contributed by atoms with van der Waals surface area (Å²) in [5.41, 5.74) is 3.08. The lowest BCUT2D eigenvalue weighted by Crippen LogP contribution is -2.50. The van der Waals surface area contributed by atoms with Crippen LogP contribution in [0, 0.1) is 11.6 Å². The van der Waals surface area contributed by atoms with Gasteiger partial charge in [0.2, 0.25) is 23.5 Å². The van der Waals surface area contributed by atoms with E-state index < -0.39 is 57.1 Å². The number of pyridine rings is 2. The second-order valence-corrected chi connectivity index (χ2v) is 19.1. The highest BCUT2D eigenvalue weighted by molar-refractivity contribution is 7.90. The monoisotopic (exact) mass is 1010 g/mol. The number of carbonyl (C=O) groups excluding carboxylic acids is 4. The second-order valence-electron chi connectivity index (χ2n) is 17.3. The molecule has 0 radical (unpaired) electrons. The highest BCUT2D eigenvalue weighted by Crippen LogP contribution is 2.32. The topological polar surface area (TPSA) is 230 Å². The van der Waals surface area contributed by atoms with Crippen molar-refractivity contribution >= 4 is 62.1 Å². The Balaban J connectivity index is 0.000000985. The van der Waals surface area contributed by atoms with Crippen molar-refractivity contribution in [2.24, 2.45) is 0 Å². The Morgan fingerprint density at radius 3 is 2.17 bits per heavy atom. The Labute approximate surface area is 404 Å². The summed E-state index contributed by atoms with van der Waals surface area (Å²) in [6, 6.07) is 15.0. The quantitative estimate of drug-likeness (QED) is 0.0554. The molecule has 378 valence electrons. The molecule has 0 bridgehead atoms. The van der Waals surface area contributed by atoms with Crippen LogP contribution in [0.1, 0.15) is 65.7 Å². The van der Waals surface area contributed by atoms with Crippen LogP contribution in [0.3, 0.4) is 0 Å². The zero-order valence-corrected chi connectivity index (χ0v) is 39.4. The fourth-order valence-corrected chi connectivity index (χ4v) is 9.30. The van der Waals surface area contributed by atoms with Crippen LogP contribution < -0.4 is 15.4 Å². The van der Waals surface area contributed by atoms with Gasteiger partial charge < -0.3 is 20.3 Å². The van der Waals surface area contributed by atoms with Crippen LogP contribution in [0.5, 0.6) is 0 Å². The summed E-state index contributed by atoms with van der Waals surface area (Å²) >= 11 is 0. The molecule has 3 amide bonds. The third-order valence-corrected chi connectivity index (χ3v) is 14.2. The molecule has 0 saturated carbocycles. The number of hydrogen-bond donors (Lipinski definition) is 5. The zero-order chi connectivity index (χ0) is 51.2. The Morgan fingerprint density at radius 1 is 0.887 bits per heavy atom. The fraction of sp³-hybridized carbons (Fsp3) is 0.383. The van der Waals surface area contributed by atoms with E-state index in [0.717, 1.165) is 72.4 Å². The van der Waals surface area contributed by atoms with E-state index in [1.807, 2.05) is 29.2 Å². The summed E-state index contributed by atoms with van der Waals surface area (Å²) in [6.07, 6.45) is 2.12. The smallest absolute Gasteiger partial charge is 0.475 e. The maximum atomic E-state index is 15.6. The van der Waals surface area contributed by atoms with Crippen LogP contribution in [0.2, 0.25) is 0 Å². The molecule has 8 rings (SSSR count). The van der Waals surface area contributed by atoms with Gasteiger partial charge in [-0.15, -0.1) is 0 Å². The molecule has 1 atom stereocenters. The van der Waals surface area contributed by atoms with Crippen LogP contribution in [-0.2, 0) is 35.9 Å². The number of likely N-dealkylation sites (tertiary alicyclic amines) is 1. The summed E-state index contributed by atoms with van der Waals surface area (Å²) in [6.45, 7) is 7.19. The number of ketones is 1. The average molecular weight is 1010 g/mol. The van der Waals surface area contributed by atoms with Gasteiger partial charge in [-0.3, -0.25) is 44.0 Å². The number of aromatic nitrogens is 3. The van der Waals surface area contributed by atoms with Crippen LogP contribution >= 0.6 is 0 Å². The molecular weight excluding hydrogens is 960 g/mol. The van der Waals surface area contributed by atoms with E-state index in [0.29, 0.717) is 61.5 Å². The van der Waals surface area contributed by atoms with E-state index in [4.69, 9.17) is 9.90 Å². The van der Waals surface area contributed by atoms with E-state index in [-0.39, 0.29) is 29.8 Å². The average Bonchev–Trinajstić information content (AvgIpc) is 3.78. The van der Waals surface area contributed by atoms with Crippen molar-refractivity contribution in [2.45, 2.75) is 57.3 Å². The van der Waals surface area contributed by atoms with Crippen LogP contribution in [0.15, 0.2) is 73.2 Å². The number of H-pyrrole nitrogens is 1. The fourth-order valence-electron chi connectivity index (χ4n) is 8.37. The Hall–Kier alpha value is -6.89. The van der Waals surface area contributed by atoms with Crippen molar-refractivity contribution in [3.05, 3.63) is 107 Å². The minimum atomic E-state index is -5.08. The molecule has 5 N–H and O–H groups in total. The molecule has 0 aliphatic carbocycles. The number of amides is 3. The van der Waals surface area contributed by atoms with Crippen molar-refractivity contribution in [1.82, 2.24) is 39.3 Å². The van der Waals surface area contributed by atoms with E-state index >= 15 is 8.78 Å². The Kier molecular flexibility index (Phi) is 16.1. The number of carboxylic acid groups (broad SMARTS) is 1. The predicted molar refractivity (Wildman–Crippen MR) is 250 cm³/mol. The van der Waals surface area contributed by atoms with Gasteiger partial charge in [0, 0.05) is 112 Å².